The Balaban J connectivity index is 1.12. The summed E-state index contributed by atoms with van der Waals surface area (Å²) in [6, 6.07) is 59.2. The molecule has 0 fully saturated rings. The maximum absolute atomic E-state index is 3.68. The van der Waals surface area contributed by atoms with E-state index in [0.717, 1.165) is 11.4 Å². The van der Waals surface area contributed by atoms with Crippen molar-refractivity contribution in [3.63, 3.8) is 0 Å². The smallest absolute Gasteiger partial charge is 0.0561 e. The average molecular weight is 561 g/mol. The van der Waals surface area contributed by atoms with Crippen LogP contribution in [-0.2, 0) is 0 Å². The zero-order valence-electron chi connectivity index (χ0n) is 24.0. The molecule has 0 unspecified atom stereocenters. The molecular weight excluding hydrogens is 532 g/mol. The molecular formula is C42H28N2. The number of nitrogens with zero attached hydrogens (tertiary/aromatic N) is 1. The summed E-state index contributed by atoms with van der Waals surface area (Å²) in [6.07, 6.45) is 0. The number of fused-ring (bicyclic) bond motifs is 7. The first-order valence-electron chi connectivity index (χ1n) is 15.1. The first-order valence-corrected chi connectivity index (χ1v) is 15.1. The quantitative estimate of drug-likeness (QED) is 0.212. The Hall–Kier alpha value is -5.86. The van der Waals surface area contributed by atoms with Crippen LogP contribution in [0.15, 0.2) is 164 Å². The van der Waals surface area contributed by atoms with E-state index in [1.165, 1.54) is 70.9 Å². The largest absolute Gasteiger partial charge is 0.355 e. The SMILES string of the molecule is c1ccc2cc(-n3c4ccccc4c4ccc(Nc5ccc(-c6cc7ccccc7c7ccccc67)cc5)cc43)ccc2c1. The maximum atomic E-state index is 3.68. The molecule has 2 heteroatoms. The molecule has 2 nitrogen and oxygen atoms in total. The molecule has 0 bridgehead atoms. The third-order valence-corrected chi connectivity index (χ3v) is 8.92. The molecule has 0 aliphatic heterocycles. The molecule has 9 aromatic rings. The van der Waals surface area contributed by atoms with Gasteiger partial charge in [0.1, 0.15) is 0 Å². The van der Waals surface area contributed by atoms with Crippen LogP contribution in [0.2, 0.25) is 0 Å². The maximum Gasteiger partial charge on any atom is 0.0561 e. The number of hydrogen-bond donors (Lipinski definition) is 1. The molecule has 0 aliphatic carbocycles. The Morgan fingerprint density at radius 2 is 1.00 bits per heavy atom. The monoisotopic (exact) mass is 560 g/mol. The third kappa shape index (κ3) is 3.96. The number of aromatic nitrogens is 1. The van der Waals surface area contributed by atoms with E-state index in [-0.39, 0.29) is 0 Å². The third-order valence-electron chi connectivity index (χ3n) is 8.92. The number of anilines is 2. The zero-order chi connectivity index (χ0) is 29.0. The minimum absolute atomic E-state index is 1.06. The second-order valence-electron chi connectivity index (χ2n) is 11.5. The molecule has 206 valence electrons. The summed E-state index contributed by atoms with van der Waals surface area (Å²) in [5.74, 6) is 0. The van der Waals surface area contributed by atoms with Gasteiger partial charge in [-0.15, -0.1) is 0 Å². The molecule has 0 amide bonds. The minimum Gasteiger partial charge on any atom is -0.355 e. The topological polar surface area (TPSA) is 17.0 Å². The van der Waals surface area contributed by atoms with Gasteiger partial charge in [0.25, 0.3) is 0 Å². The van der Waals surface area contributed by atoms with Gasteiger partial charge in [-0.1, -0.05) is 115 Å². The number of rotatable bonds is 4. The van der Waals surface area contributed by atoms with Crippen LogP contribution >= 0.6 is 0 Å². The summed E-state index contributed by atoms with van der Waals surface area (Å²) in [6.45, 7) is 0. The van der Waals surface area contributed by atoms with E-state index in [4.69, 9.17) is 0 Å². The fourth-order valence-electron chi connectivity index (χ4n) is 6.84. The van der Waals surface area contributed by atoms with E-state index in [2.05, 4.69) is 174 Å². The van der Waals surface area contributed by atoms with Crippen LogP contribution in [0.5, 0.6) is 0 Å². The first-order chi connectivity index (χ1) is 21.8. The fraction of sp³-hybridized carbons (Fsp3) is 0. The summed E-state index contributed by atoms with van der Waals surface area (Å²) in [4.78, 5) is 0. The second-order valence-corrected chi connectivity index (χ2v) is 11.5. The highest BCUT2D eigenvalue weighted by Gasteiger charge is 2.14. The van der Waals surface area contributed by atoms with Gasteiger partial charge in [-0.3, -0.25) is 0 Å². The Kier molecular flexibility index (Phi) is 5.54. The van der Waals surface area contributed by atoms with Crippen molar-refractivity contribution in [1.29, 1.82) is 0 Å². The van der Waals surface area contributed by atoms with Crippen molar-refractivity contribution in [3.05, 3.63) is 164 Å². The highest BCUT2D eigenvalue weighted by atomic mass is 15.0. The van der Waals surface area contributed by atoms with Gasteiger partial charge in [-0.25, -0.2) is 0 Å². The van der Waals surface area contributed by atoms with Gasteiger partial charge < -0.3 is 9.88 Å². The second kappa shape index (κ2) is 9.86. The predicted molar refractivity (Wildman–Crippen MR) is 188 cm³/mol. The van der Waals surface area contributed by atoms with Crippen LogP contribution in [0.4, 0.5) is 11.4 Å². The van der Waals surface area contributed by atoms with Crippen LogP contribution in [0.25, 0.3) is 70.9 Å². The molecule has 0 atom stereocenters. The van der Waals surface area contributed by atoms with Crippen molar-refractivity contribution in [3.8, 4) is 16.8 Å². The molecule has 44 heavy (non-hydrogen) atoms. The highest BCUT2D eigenvalue weighted by Crippen LogP contribution is 2.37. The first kappa shape index (κ1) is 24.7. The molecule has 1 aromatic heterocycles. The standard InChI is InChI=1S/C42H28N2/c1-2-10-30-25-34(23-19-28(30)9-1)44-41-16-8-7-15-38(41)39-24-22-33(27-42(39)44)43-32-20-17-29(18-21-32)40-26-31-11-3-4-12-35(31)36-13-5-6-14-37(36)40/h1-27,43H. The van der Waals surface area contributed by atoms with Crippen molar-refractivity contribution in [1.82, 2.24) is 4.57 Å². The van der Waals surface area contributed by atoms with E-state index in [0.29, 0.717) is 0 Å². The van der Waals surface area contributed by atoms with E-state index in [1.807, 2.05) is 0 Å². The summed E-state index contributed by atoms with van der Waals surface area (Å²) < 4.78 is 2.39. The lowest BCUT2D eigenvalue weighted by molar-refractivity contribution is 1.19. The Bertz CT molecular complexity index is 2520. The molecule has 0 radical (unpaired) electrons. The number of para-hydroxylation sites is 1. The lowest BCUT2D eigenvalue weighted by atomic mass is 9.93. The van der Waals surface area contributed by atoms with Gasteiger partial charge in [-0.05, 0) is 92.0 Å². The lowest BCUT2D eigenvalue weighted by Crippen LogP contribution is -1.95. The van der Waals surface area contributed by atoms with Gasteiger partial charge in [0, 0.05) is 27.8 Å². The molecule has 8 aromatic carbocycles. The van der Waals surface area contributed by atoms with Crippen molar-refractivity contribution in [2.24, 2.45) is 0 Å². The summed E-state index contributed by atoms with van der Waals surface area (Å²) >= 11 is 0. The molecule has 0 aliphatic rings. The number of benzene rings is 8. The van der Waals surface area contributed by atoms with Crippen LogP contribution < -0.4 is 5.32 Å². The summed E-state index contributed by atoms with van der Waals surface area (Å²) in [5.41, 5.74) is 8.15. The van der Waals surface area contributed by atoms with Crippen LogP contribution in [-0.4, -0.2) is 4.57 Å². The van der Waals surface area contributed by atoms with Gasteiger partial charge in [0.2, 0.25) is 0 Å². The van der Waals surface area contributed by atoms with Crippen molar-refractivity contribution in [2.45, 2.75) is 0 Å². The normalized spacial score (nSPS) is 11.6. The Morgan fingerprint density at radius 3 is 1.84 bits per heavy atom. The summed E-state index contributed by atoms with van der Waals surface area (Å²) in [7, 11) is 0. The molecule has 1 heterocycles. The fourth-order valence-corrected chi connectivity index (χ4v) is 6.84. The van der Waals surface area contributed by atoms with E-state index < -0.39 is 0 Å². The van der Waals surface area contributed by atoms with Gasteiger partial charge in [-0.2, -0.15) is 0 Å². The Morgan fingerprint density at radius 1 is 0.364 bits per heavy atom. The Labute approximate surface area is 255 Å². The van der Waals surface area contributed by atoms with Crippen LogP contribution in [0.1, 0.15) is 0 Å². The number of hydrogen-bond acceptors (Lipinski definition) is 1. The molecule has 0 saturated carbocycles. The van der Waals surface area contributed by atoms with Crippen LogP contribution in [0.3, 0.4) is 0 Å². The molecule has 0 spiro atoms. The molecule has 1 N–H and O–H groups in total. The van der Waals surface area contributed by atoms with E-state index >= 15 is 0 Å². The lowest BCUT2D eigenvalue weighted by Gasteiger charge is -2.13. The average Bonchev–Trinajstić information content (AvgIpc) is 3.41. The van der Waals surface area contributed by atoms with Crippen LogP contribution in [0, 0.1) is 0 Å². The van der Waals surface area contributed by atoms with Gasteiger partial charge >= 0.3 is 0 Å². The predicted octanol–water partition coefficient (Wildman–Crippen LogP) is 11.7. The zero-order valence-corrected chi connectivity index (χ0v) is 24.0. The number of nitrogens with one attached hydrogen (secondary N) is 1. The summed E-state index contributed by atoms with van der Waals surface area (Å²) in [5, 5.41) is 13.8. The molecule has 9 rings (SSSR count). The molecule has 0 saturated heterocycles. The van der Waals surface area contributed by atoms with Gasteiger partial charge in [0.15, 0.2) is 0 Å². The minimum atomic E-state index is 1.06. The van der Waals surface area contributed by atoms with Gasteiger partial charge in [0.05, 0.1) is 11.0 Å². The van der Waals surface area contributed by atoms with Crippen molar-refractivity contribution in [2.75, 3.05) is 5.32 Å². The van der Waals surface area contributed by atoms with Crippen molar-refractivity contribution < 1.29 is 0 Å². The van der Waals surface area contributed by atoms with E-state index in [9.17, 15) is 0 Å². The van der Waals surface area contributed by atoms with Crippen molar-refractivity contribution >= 4 is 65.5 Å². The van der Waals surface area contributed by atoms with E-state index in [1.54, 1.807) is 0 Å². The highest BCUT2D eigenvalue weighted by molar-refractivity contribution is 6.14.